The lowest BCUT2D eigenvalue weighted by molar-refractivity contribution is 0.0531. The van der Waals surface area contributed by atoms with E-state index in [2.05, 4.69) is 36.2 Å². The first-order valence-electron chi connectivity index (χ1n) is 9.79. The van der Waals surface area contributed by atoms with E-state index < -0.39 is 11.7 Å². The lowest BCUT2D eigenvalue weighted by atomic mass is 9.96. The average Bonchev–Trinajstić information content (AvgIpc) is 3.03. The van der Waals surface area contributed by atoms with Gasteiger partial charge in [-0.05, 0) is 45.0 Å². The molecule has 2 rings (SSSR count). The highest BCUT2D eigenvalue weighted by Gasteiger charge is 2.21. The van der Waals surface area contributed by atoms with Crippen molar-refractivity contribution < 1.29 is 18.7 Å². The van der Waals surface area contributed by atoms with Crippen LogP contribution in [0.1, 0.15) is 47.4 Å². The van der Waals surface area contributed by atoms with Gasteiger partial charge in [-0.1, -0.05) is 20.8 Å². The molecule has 7 nitrogen and oxygen atoms in total. The summed E-state index contributed by atoms with van der Waals surface area (Å²) in [6.07, 6.45) is -0.177. The molecule has 2 aromatic rings. The standard InChI is InChI=1S/C22H31FN4O3/c1-21(2,3)19-25-18(27(7)26-19)16-8-10-17(11-9-16)29-14-15(12-23)13-24-20(28)30-22(4,5)6/h8-12H,13-14H2,1-7H3,(H,24,28)/b15-12+. The van der Waals surface area contributed by atoms with Crippen LogP contribution in [0.25, 0.3) is 11.4 Å². The zero-order valence-electron chi connectivity index (χ0n) is 18.7. The molecule has 0 spiro atoms. The maximum absolute atomic E-state index is 13.1. The Bertz CT molecular complexity index is 891. The molecule has 8 heteroatoms. The van der Waals surface area contributed by atoms with Gasteiger partial charge in [0.1, 0.15) is 18.0 Å². The normalized spacial score (nSPS) is 12.6. The second-order valence-corrected chi connectivity index (χ2v) is 9.07. The number of hydrogen-bond acceptors (Lipinski definition) is 5. The Hall–Kier alpha value is -2.90. The Balaban J connectivity index is 1.94. The average molecular weight is 419 g/mol. The molecule has 30 heavy (non-hydrogen) atoms. The summed E-state index contributed by atoms with van der Waals surface area (Å²) < 4.78 is 25.6. The maximum Gasteiger partial charge on any atom is 0.407 e. The van der Waals surface area contributed by atoms with E-state index in [9.17, 15) is 9.18 Å². The van der Waals surface area contributed by atoms with Gasteiger partial charge in [-0.2, -0.15) is 5.10 Å². The van der Waals surface area contributed by atoms with Crippen molar-refractivity contribution >= 4 is 6.09 Å². The van der Waals surface area contributed by atoms with Crippen molar-refractivity contribution in [3.05, 3.63) is 42.0 Å². The minimum absolute atomic E-state index is 0.00197. The molecule has 0 atom stereocenters. The third-order valence-corrected chi connectivity index (χ3v) is 3.98. The summed E-state index contributed by atoms with van der Waals surface area (Å²) in [6.45, 7) is 11.5. The number of ether oxygens (including phenoxy) is 2. The summed E-state index contributed by atoms with van der Waals surface area (Å²) in [5.41, 5.74) is 0.438. The summed E-state index contributed by atoms with van der Waals surface area (Å²) >= 11 is 0. The van der Waals surface area contributed by atoms with E-state index in [0.29, 0.717) is 12.1 Å². The lowest BCUT2D eigenvalue weighted by Gasteiger charge is -2.20. The summed E-state index contributed by atoms with van der Waals surface area (Å²) in [7, 11) is 1.86. The maximum atomic E-state index is 13.1. The number of carbonyl (C=O) groups excluding carboxylic acids is 1. The van der Waals surface area contributed by atoms with E-state index >= 15 is 0 Å². The summed E-state index contributed by atoms with van der Waals surface area (Å²) in [4.78, 5) is 16.3. The third-order valence-electron chi connectivity index (χ3n) is 3.98. The number of hydrogen-bond donors (Lipinski definition) is 1. The fourth-order valence-electron chi connectivity index (χ4n) is 2.45. The highest BCUT2D eigenvalue weighted by atomic mass is 19.1. The largest absolute Gasteiger partial charge is 0.489 e. The first-order valence-corrected chi connectivity index (χ1v) is 9.79. The van der Waals surface area contributed by atoms with Gasteiger partial charge in [0.05, 0.1) is 6.33 Å². The predicted octanol–water partition coefficient (Wildman–Crippen LogP) is 4.54. The van der Waals surface area contributed by atoms with E-state index in [1.165, 1.54) is 0 Å². The monoisotopic (exact) mass is 418 g/mol. The minimum atomic E-state index is -0.613. The van der Waals surface area contributed by atoms with Crippen LogP contribution < -0.4 is 10.1 Å². The zero-order chi connectivity index (χ0) is 22.5. The molecule has 0 radical (unpaired) electrons. The number of aryl methyl sites for hydroxylation is 1. The second-order valence-electron chi connectivity index (χ2n) is 9.07. The number of amides is 1. The van der Waals surface area contributed by atoms with Gasteiger partial charge in [-0.15, -0.1) is 0 Å². The van der Waals surface area contributed by atoms with Gasteiger partial charge >= 0.3 is 6.09 Å². The number of nitrogens with zero attached hydrogens (tertiary/aromatic N) is 3. The van der Waals surface area contributed by atoms with E-state index in [1.807, 2.05) is 19.2 Å². The van der Waals surface area contributed by atoms with Crippen LogP contribution in [0.15, 0.2) is 36.2 Å². The Morgan fingerprint density at radius 3 is 2.30 bits per heavy atom. The molecule has 0 bridgehead atoms. The van der Waals surface area contributed by atoms with E-state index in [1.54, 1.807) is 37.6 Å². The highest BCUT2D eigenvalue weighted by molar-refractivity contribution is 5.68. The van der Waals surface area contributed by atoms with Crippen molar-refractivity contribution in [2.24, 2.45) is 7.05 Å². The number of nitrogens with one attached hydrogen (secondary N) is 1. The third kappa shape index (κ3) is 6.86. The molecule has 1 aromatic heterocycles. The molecule has 0 aliphatic heterocycles. The SMILES string of the molecule is Cn1nc(C(C)(C)C)nc1-c1ccc(OC/C(=C/F)CNC(=O)OC(C)(C)C)cc1. The molecule has 0 unspecified atom stereocenters. The van der Waals surface area contributed by atoms with E-state index in [4.69, 9.17) is 9.47 Å². The lowest BCUT2D eigenvalue weighted by Crippen LogP contribution is -2.34. The van der Waals surface area contributed by atoms with Crippen LogP contribution in [0.5, 0.6) is 5.75 Å². The van der Waals surface area contributed by atoms with Crippen LogP contribution >= 0.6 is 0 Å². The van der Waals surface area contributed by atoms with Crippen LogP contribution in [-0.4, -0.2) is 39.6 Å². The van der Waals surface area contributed by atoms with Gasteiger partial charge in [-0.3, -0.25) is 0 Å². The number of carbonyl (C=O) groups is 1. The van der Waals surface area contributed by atoms with Crippen molar-refractivity contribution in [1.29, 1.82) is 0 Å². The molecule has 0 saturated heterocycles. The first kappa shape index (κ1) is 23.4. The van der Waals surface area contributed by atoms with Crippen molar-refractivity contribution in [2.45, 2.75) is 52.6 Å². The van der Waals surface area contributed by atoms with Gasteiger partial charge < -0.3 is 14.8 Å². The fourth-order valence-corrected chi connectivity index (χ4v) is 2.45. The molecule has 0 aliphatic rings. The molecular weight excluding hydrogens is 387 g/mol. The Morgan fingerprint density at radius 2 is 1.80 bits per heavy atom. The van der Waals surface area contributed by atoms with Crippen molar-refractivity contribution in [3.63, 3.8) is 0 Å². The van der Waals surface area contributed by atoms with Crippen LogP contribution in [-0.2, 0) is 17.2 Å². The molecule has 1 N–H and O–H groups in total. The van der Waals surface area contributed by atoms with E-state index in [-0.39, 0.29) is 24.1 Å². The van der Waals surface area contributed by atoms with Crippen LogP contribution in [0.3, 0.4) is 0 Å². The Morgan fingerprint density at radius 1 is 1.17 bits per heavy atom. The molecule has 0 aliphatic carbocycles. The number of rotatable bonds is 6. The molecule has 164 valence electrons. The molecular formula is C22H31FN4O3. The molecule has 0 saturated carbocycles. The zero-order valence-corrected chi connectivity index (χ0v) is 18.7. The Kier molecular flexibility index (Phi) is 7.23. The summed E-state index contributed by atoms with van der Waals surface area (Å²) in [6, 6.07) is 7.34. The van der Waals surface area contributed by atoms with Crippen LogP contribution in [0, 0.1) is 0 Å². The van der Waals surface area contributed by atoms with Crippen molar-refractivity contribution in [1.82, 2.24) is 20.1 Å². The van der Waals surface area contributed by atoms with Crippen LogP contribution in [0.4, 0.5) is 9.18 Å². The number of alkyl carbamates (subject to hydrolysis) is 1. The van der Waals surface area contributed by atoms with Crippen LogP contribution in [0.2, 0.25) is 0 Å². The van der Waals surface area contributed by atoms with Gasteiger partial charge in [0.15, 0.2) is 11.6 Å². The molecule has 0 fully saturated rings. The van der Waals surface area contributed by atoms with Gasteiger partial charge in [0.25, 0.3) is 0 Å². The number of benzene rings is 1. The molecule has 1 heterocycles. The summed E-state index contributed by atoms with van der Waals surface area (Å²) in [5.74, 6) is 2.11. The number of halogens is 1. The molecule has 1 amide bonds. The second kappa shape index (κ2) is 9.28. The summed E-state index contributed by atoms with van der Waals surface area (Å²) in [5, 5.41) is 7.00. The minimum Gasteiger partial charge on any atom is -0.489 e. The quantitative estimate of drug-likeness (QED) is 0.745. The van der Waals surface area contributed by atoms with Crippen molar-refractivity contribution in [3.8, 4) is 17.1 Å². The van der Waals surface area contributed by atoms with Gasteiger partial charge in [-0.25, -0.2) is 18.9 Å². The van der Waals surface area contributed by atoms with Gasteiger partial charge in [0, 0.05) is 30.1 Å². The first-order chi connectivity index (χ1) is 13.9. The topological polar surface area (TPSA) is 78.3 Å². The predicted molar refractivity (Wildman–Crippen MR) is 114 cm³/mol. The van der Waals surface area contributed by atoms with E-state index in [0.717, 1.165) is 17.2 Å². The van der Waals surface area contributed by atoms with Crippen molar-refractivity contribution in [2.75, 3.05) is 13.2 Å². The fraction of sp³-hybridized carbons (Fsp3) is 0.500. The Labute approximate surface area is 177 Å². The smallest absolute Gasteiger partial charge is 0.407 e. The highest BCUT2D eigenvalue weighted by Crippen LogP contribution is 2.25. The van der Waals surface area contributed by atoms with Gasteiger partial charge in [0.2, 0.25) is 0 Å². The molecule has 1 aromatic carbocycles. The number of aromatic nitrogens is 3.